The smallest absolute Gasteiger partial charge is 0.256 e. The molecule has 0 bridgehead atoms. The number of allylic oxidation sites excluding steroid dienone is 2. The lowest BCUT2D eigenvalue weighted by atomic mass is 10.1. The predicted octanol–water partition coefficient (Wildman–Crippen LogP) is 7.01. The van der Waals surface area contributed by atoms with Gasteiger partial charge in [-0.1, -0.05) is 30.2 Å². The van der Waals surface area contributed by atoms with Gasteiger partial charge in [0.1, 0.15) is 42.9 Å². The van der Waals surface area contributed by atoms with Gasteiger partial charge in [0, 0.05) is 99.6 Å². The number of Topliss-reactive ketones (excluding diaryl/α,β-unsaturated/α-hetero) is 1. The maximum atomic E-state index is 13.7. The summed E-state index contributed by atoms with van der Waals surface area (Å²) < 4.78 is 40.9. The number of aliphatic hydroxyl groups excluding tert-OH is 1. The third-order valence-electron chi connectivity index (χ3n) is 14.3. The van der Waals surface area contributed by atoms with Crippen LogP contribution >= 0.6 is 11.8 Å². The molecule has 0 unspecified atom stereocenters. The predicted molar refractivity (Wildman–Crippen MR) is 310 cm³/mol. The van der Waals surface area contributed by atoms with E-state index in [2.05, 4.69) is 23.7 Å². The van der Waals surface area contributed by atoms with Gasteiger partial charge in [0.05, 0.1) is 117 Å². The number of benzene rings is 2. The summed E-state index contributed by atoms with van der Waals surface area (Å²) in [6, 6.07) is 9.66. The van der Waals surface area contributed by atoms with Gasteiger partial charge in [-0.2, -0.15) is 0 Å². The molecule has 2 fully saturated rings. The molecular weight excluding hydrogens is 1060 g/mol. The fourth-order valence-corrected chi connectivity index (χ4v) is 10.7. The average molecular weight is 1140 g/mol. The molecule has 0 spiro atoms. The summed E-state index contributed by atoms with van der Waals surface area (Å²) in [7, 11) is 3.77. The Hall–Kier alpha value is -6.33. The first-order valence-electron chi connectivity index (χ1n) is 27.8. The number of hydrogen-bond donors (Lipinski definition) is 1. The van der Waals surface area contributed by atoms with Crippen LogP contribution in [0.15, 0.2) is 69.7 Å². The summed E-state index contributed by atoms with van der Waals surface area (Å²) in [6.45, 7) is 15.8. The molecule has 3 amide bonds. The van der Waals surface area contributed by atoms with Crippen molar-refractivity contribution in [2.24, 2.45) is 9.98 Å². The van der Waals surface area contributed by atoms with Crippen LogP contribution in [0, 0.1) is 0 Å². The number of carbonyl (C=O) groups excluding carboxylic acids is 5. The van der Waals surface area contributed by atoms with E-state index < -0.39 is 0 Å². The molecule has 21 heteroatoms. The summed E-state index contributed by atoms with van der Waals surface area (Å²) in [5.41, 5.74) is 5.46. The standard InChI is InChI=1S/C60H79N7O13S/c1-8-41-23-47-31-61-53-29-55(43(35-68)25-51(53)58(72)66(47)33-41)79-37-45-27-50(28-46(63-45)38-80-56-30-54-52(26-44(56)36-69)59(73)67-34-42(9-2)24-48(67)32-62-54)78-16-12-64(6)40-60(4,5)81-39-57(71)65(7)13-15-75-18-20-77-22-21-76-19-17-74-14-11-49(70)10-3/h8-9,25-32,35,47-48,69H,10-24,33-34,36-40H2,1-7H3/b41-8+,42-9+/t47-,48-/m0/s1. The van der Waals surface area contributed by atoms with E-state index in [9.17, 15) is 29.1 Å². The number of hydrogen-bond acceptors (Lipinski definition) is 18. The Morgan fingerprint density at radius 1 is 0.728 bits per heavy atom. The molecule has 438 valence electrons. The maximum absolute atomic E-state index is 13.7. The fourth-order valence-electron chi connectivity index (χ4n) is 9.63. The number of amides is 3. The van der Waals surface area contributed by atoms with Crippen molar-refractivity contribution in [1.29, 1.82) is 0 Å². The van der Waals surface area contributed by atoms with Crippen molar-refractivity contribution < 1.29 is 62.2 Å². The van der Waals surface area contributed by atoms with Gasteiger partial charge in [-0.3, -0.25) is 38.9 Å². The lowest BCUT2D eigenvalue weighted by Gasteiger charge is -2.30. The van der Waals surface area contributed by atoms with E-state index in [0.29, 0.717) is 181 Å². The van der Waals surface area contributed by atoms with Crippen molar-refractivity contribution in [1.82, 2.24) is 24.6 Å². The molecule has 7 rings (SSSR count). The molecule has 2 aromatic carbocycles. The van der Waals surface area contributed by atoms with Crippen LogP contribution in [0.2, 0.25) is 0 Å². The summed E-state index contributed by atoms with van der Waals surface area (Å²) in [4.78, 5) is 86.0. The van der Waals surface area contributed by atoms with E-state index in [-0.39, 0.29) is 71.5 Å². The number of carbonyl (C=O) groups is 5. The Labute approximate surface area is 479 Å². The van der Waals surface area contributed by atoms with Gasteiger partial charge in [-0.05, 0) is 59.7 Å². The number of nitrogens with zero attached hydrogens (tertiary/aromatic N) is 7. The Balaban J connectivity index is 0.923. The molecule has 2 saturated heterocycles. The Morgan fingerprint density at radius 2 is 1.27 bits per heavy atom. The second-order valence-corrected chi connectivity index (χ2v) is 22.6. The van der Waals surface area contributed by atoms with Crippen LogP contribution in [0.3, 0.4) is 0 Å². The second kappa shape index (κ2) is 30.6. The first-order valence-corrected chi connectivity index (χ1v) is 28.8. The van der Waals surface area contributed by atoms with Crippen molar-refractivity contribution in [3.63, 3.8) is 0 Å². The number of ketones is 1. The van der Waals surface area contributed by atoms with Crippen LogP contribution in [0.25, 0.3) is 0 Å². The maximum Gasteiger partial charge on any atom is 0.256 e. The number of aliphatic imine (C=N–C) groups is 2. The molecule has 4 aliphatic heterocycles. The van der Waals surface area contributed by atoms with Crippen molar-refractivity contribution >= 4 is 65.4 Å². The number of pyridine rings is 1. The fraction of sp³-hybridized carbons (Fsp3) is 0.533. The van der Waals surface area contributed by atoms with Crippen molar-refractivity contribution in [2.75, 3.05) is 112 Å². The molecular formula is C60H79N7O13S. The number of fused-ring (bicyclic) bond motifs is 4. The molecule has 1 aromatic heterocycles. The highest BCUT2D eigenvalue weighted by atomic mass is 32.2. The molecule has 1 N–H and O–H groups in total. The van der Waals surface area contributed by atoms with Crippen LogP contribution in [0.5, 0.6) is 17.2 Å². The normalized spacial score (nSPS) is 17.5. The van der Waals surface area contributed by atoms with Crippen LogP contribution in [-0.4, -0.2) is 201 Å². The molecule has 20 nitrogen and oxygen atoms in total. The monoisotopic (exact) mass is 1140 g/mol. The molecule has 0 aliphatic carbocycles. The average Bonchev–Trinajstić information content (AvgIpc) is 4.15. The SMILES string of the molecule is C/C=C1\C[C@H]2C=Nc3cc(OCc4cc(OCCN(C)CC(C)(C)SCC(=O)N(C)CCOCCOCCOCCOCCC(=O)CC)cc(COc5cc6c(cc5CO)C(=O)N5C/C(=C/C)C[C@H]5C=N6)n4)c(C=O)cc3C(=O)N2C1. The van der Waals surface area contributed by atoms with Crippen LogP contribution in [-0.2, 0) is 48.4 Å². The number of aldehydes is 1. The Morgan fingerprint density at radius 3 is 1.83 bits per heavy atom. The van der Waals surface area contributed by atoms with Crippen LogP contribution < -0.4 is 14.2 Å². The number of rotatable bonds is 33. The van der Waals surface area contributed by atoms with Gasteiger partial charge in [0.15, 0.2) is 6.29 Å². The highest BCUT2D eigenvalue weighted by Crippen LogP contribution is 2.38. The summed E-state index contributed by atoms with van der Waals surface area (Å²) in [5.74, 6) is 1.22. The summed E-state index contributed by atoms with van der Waals surface area (Å²) in [5, 5.41) is 10.5. The zero-order chi connectivity index (χ0) is 57.9. The molecule has 4 aliphatic rings. The van der Waals surface area contributed by atoms with E-state index in [1.165, 1.54) is 11.6 Å². The highest BCUT2D eigenvalue weighted by molar-refractivity contribution is 8.01. The third kappa shape index (κ3) is 17.8. The number of aromatic nitrogens is 1. The zero-order valence-electron chi connectivity index (χ0n) is 47.9. The van der Waals surface area contributed by atoms with E-state index in [1.807, 2.05) is 40.0 Å². The van der Waals surface area contributed by atoms with Gasteiger partial charge >= 0.3 is 0 Å². The van der Waals surface area contributed by atoms with E-state index in [0.717, 1.165) is 5.57 Å². The number of likely N-dealkylation sites (N-methyl/N-ethyl adjacent to an activating group) is 2. The number of ether oxygens (including phenoxy) is 7. The van der Waals surface area contributed by atoms with E-state index in [4.69, 9.17) is 43.1 Å². The van der Waals surface area contributed by atoms with Gasteiger partial charge in [0.25, 0.3) is 11.8 Å². The highest BCUT2D eigenvalue weighted by Gasteiger charge is 2.36. The van der Waals surface area contributed by atoms with Gasteiger partial charge in [-0.25, -0.2) is 0 Å². The minimum Gasteiger partial charge on any atom is -0.492 e. The summed E-state index contributed by atoms with van der Waals surface area (Å²) >= 11 is 1.58. The Kier molecular flexibility index (Phi) is 23.6. The van der Waals surface area contributed by atoms with Crippen LogP contribution in [0.1, 0.15) is 108 Å². The first kappa shape index (κ1) is 62.3. The topological polar surface area (TPSA) is 221 Å². The van der Waals surface area contributed by atoms with Crippen molar-refractivity contribution in [2.45, 2.75) is 97.0 Å². The van der Waals surface area contributed by atoms with E-state index >= 15 is 0 Å². The van der Waals surface area contributed by atoms with Gasteiger partial charge < -0.3 is 57.9 Å². The van der Waals surface area contributed by atoms with Gasteiger partial charge in [0.2, 0.25) is 5.91 Å². The third-order valence-corrected chi connectivity index (χ3v) is 15.6. The number of aliphatic hydroxyl groups is 1. The molecule has 0 radical (unpaired) electrons. The van der Waals surface area contributed by atoms with Crippen molar-refractivity contribution in [3.05, 3.63) is 93.3 Å². The second-order valence-electron chi connectivity index (χ2n) is 20.9. The molecule has 81 heavy (non-hydrogen) atoms. The lowest BCUT2D eigenvalue weighted by molar-refractivity contribution is -0.127. The molecule has 3 aromatic rings. The molecule has 0 saturated carbocycles. The lowest BCUT2D eigenvalue weighted by Crippen LogP contribution is -2.38. The first-order chi connectivity index (χ1) is 39.1. The zero-order valence-corrected chi connectivity index (χ0v) is 48.8. The quantitative estimate of drug-likeness (QED) is 0.0368. The molecule has 5 heterocycles. The Bertz CT molecular complexity index is 2820. The number of thioether (sulfide) groups is 1. The van der Waals surface area contributed by atoms with Crippen LogP contribution in [0.4, 0.5) is 11.4 Å². The van der Waals surface area contributed by atoms with Crippen molar-refractivity contribution in [3.8, 4) is 17.2 Å². The minimum atomic E-state index is -0.379. The summed E-state index contributed by atoms with van der Waals surface area (Å²) in [6.07, 6.45) is 10.7. The van der Waals surface area contributed by atoms with Gasteiger partial charge in [-0.15, -0.1) is 11.8 Å². The van der Waals surface area contributed by atoms with E-state index in [1.54, 1.807) is 76.3 Å². The largest absolute Gasteiger partial charge is 0.492 e. The minimum absolute atomic E-state index is 0.00723. The molecule has 2 atom stereocenters.